The molecule has 1 amide bonds. The van der Waals surface area contributed by atoms with E-state index in [9.17, 15) is 4.79 Å². The first-order valence-corrected chi connectivity index (χ1v) is 8.09. The van der Waals surface area contributed by atoms with Crippen molar-refractivity contribution in [2.24, 2.45) is 0 Å². The van der Waals surface area contributed by atoms with Crippen LogP contribution >= 0.6 is 0 Å². The number of likely N-dealkylation sites (tertiary alicyclic amines) is 1. The van der Waals surface area contributed by atoms with Gasteiger partial charge in [0.05, 0.1) is 11.4 Å². The number of hydrogen-bond donors (Lipinski definition) is 1. The number of carbonyl (C=O) groups excluding carboxylic acids is 1. The molecule has 7 heteroatoms. The van der Waals surface area contributed by atoms with Gasteiger partial charge in [-0.2, -0.15) is 15.4 Å². The van der Waals surface area contributed by atoms with Gasteiger partial charge in [-0.25, -0.2) is 0 Å². The summed E-state index contributed by atoms with van der Waals surface area (Å²) in [7, 11) is 0. The average Bonchev–Trinajstić information content (AvgIpc) is 3.09. The Kier molecular flexibility index (Phi) is 3.68. The highest BCUT2D eigenvalue weighted by Gasteiger charge is 2.25. The van der Waals surface area contributed by atoms with E-state index in [-0.39, 0.29) is 5.91 Å². The van der Waals surface area contributed by atoms with Gasteiger partial charge >= 0.3 is 0 Å². The first kappa shape index (κ1) is 14.7. The maximum Gasteiger partial charge on any atom is 0.253 e. The first-order valence-electron chi connectivity index (χ1n) is 8.09. The molecule has 0 aliphatic carbocycles. The van der Waals surface area contributed by atoms with Crippen molar-refractivity contribution in [1.29, 1.82) is 0 Å². The molecular weight excluding hydrogens is 304 g/mol. The maximum absolute atomic E-state index is 12.7. The fourth-order valence-electron chi connectivity index (χ4n) is 3.21. The Morgan fingerprint density at radius 1 is 1.17 bits per heavy atom. The molecule has 0 atom stereocenters. The molecule has 0 bridgehead atoms. The van der Waals surface area contributed by atoms with Crippen molar-refractivity contribution in [3.05, 3.63) is 47.5 Å². The Labute approximate surface area is 139 Å². The molecule has 1 saturated heterocycles. The number of amides is 1. The highest BCUT2D eigenvalue weighted by molar-refractivity contribution is 5.97. The molecule has 122 valence electrons. The van der Waals surface area contributed by atoms with Gasteiger partial charge in [0.2, 0.25) is 0 Å². The lowest BCUT2D eigenvalue weighted by Crippen LogP contribution is -2.38. The van der Waals surface area contributed by atoms with Gasteiger partial charge in [0, 0.05) is 37.0 Å². The fraction of sp³-hybridized carbons (Fsp3) is 0.353. The number of rotatable bonds is 2. The molecule has 7 nitrogen and oxygen atoms in total. The first-order chi connectivity index (χ1) is 11.7. The molecule has 0 saturated carbocycles. The number of nitrogens with one attached hydrogen (secondary N) is 1. The number of aromatic amines is 1. The lowest BCUT2D eigenvalue weighted by molar-refractivity contribution is 0.0712. The van der Waals surface area contributed by atoms with Crippen LogP contribution in [0.5, 0.6) is 0 Å². The predicted molar refractivity (Wildman–Crippen MR) is 88.5 cm³/mol. The van der Waals surface area contributed by atoms with Crippen LogP contribution in [-0.4, -0.2) is 49.3 Å². The van der Waals surface area contributed by atoms with Gasteiger partial charge in [-0.15, -0.1) is 0 Å². The van der Waals surface area contributed by atoms with Gasteiger partial charge < -0.3 is 4.90 Å². The Morgan fingerprint density at radius 2 is 1.96 bits per heavy atom. The average molecular weight is 322 g/mol. The van der Waals surface area contributed by atoms with Crippen molar-refractivity contribution in [1.82, 2.24) is 30.3 Å². The van der Waals surface area contributed by atoms with E-state index in [1.807, 2.05) is 30.2 Å². The second kappa shape index (κ2) is 5.99. The van der Waals surface area contributed by atoms with E-state index in [0.717, 1.165) is 42.8 Å². The number of hydrogen-bond acceptors (Lipinski definition) is 5. The van der Waals surface area contributed by atoms with Crippen molar-refractivity contribution >= 4 is 16.9 Å². The largest absolute Gasteiger partial charge is 0.339 e. The van der Waals surface area contributed by atoms with Crippen LogP contribution in [0.4, 0.5) is 0 Å². The van der Waals surface area contributed by atoms with Gasteiger partial charge in [-0.3, -0.25) is 14.8 Å². The second-order valence-electron chi connectivity index (χ2n) is 6.18. The van der Waals surface area contributed by atoms with Crippen molar-refractivity contribution < 1.29 is 4.79 Å². The van der Waals surface area contributed by atoms with E-state index in [1.54, 1.807) is 12.3 Å². The lowest BCUT2D eigenvalue weighted by Gasteiger charge is -2.31. The standard InChI is InChI=1S/C17H18N6O/c1-11-9-18-10-16(19-11)12-4-6-23(7-5-12)17(24)13-2-3-14-15(8-13)21-22-20-14/h2-3,8-10,12H,4-7H2,1H3,(H,20,21,22). The molecule has 3 heterocycles. The molecule has 0 radical (unpaired) electrons. The van der Waals surface area contributed by atoms with Crippen LogP contribution in [0.25, 0.3) is 11.0 Å². The molecule has 2 aromatic heterocycles. The van der Waals surface area contributed by atoms with E-state index in [0.29, 0.717) is 17.0 Å². The number of carbonyl (C=O) groups is 1. The zero-order valence-corrected chi connectivity index (χ0v) is 13.4. The highest BCUT2D eigenvalue weighted by Crippen LogP contribution is 2.27. The van der Waals surface area contributed by atoms with E-state index >= 15 is 0 Å². The number of H-pyrrole nitrogens is 1. The summed E-state index contributed by atoms with van der Waals surface area (Å²) < 4.78 is 0. The molecule has 0 unspecified atom stereocenters. The normalized spacial score (nSPS) is 15.8. The van der Waals surface area contributed by atoms with Crippen LogP contribution in [0.15, 0.2) is 30.6 Å². The van der Waals surface area contributed by atoms with Crippen LogP contribution < -0.4 is 0 Å². The summed E-state index contributed by atoms with van der Waals surface area (Å²) in [5.41, 5.74) is 4.11. The molecular formula is C17H18N6O. The van der Waals surface area contributed by atoms with Crippen LogP contribution in [0.1, 0.15) is 40.5 Å². The van der Waals surface area contributed by atoms with Crippen molar-refractivity contribution in [3.63, 3.8) is 0 Å². The van der Waals surface area contributed by atoms with Crippen molar-refractivity contribution in [3.8, 4) is 0 Å². The van der Waals surface area contributed by atoms with Gasteiger partial charge in [0.25, 0.3) is 5.91 Å². The van der Waals surface area contributed by atoms with E-state index < -0.39 is 0 Å². The Balaban J connectivity index is 1.46. The number of nitrogens with zero attached hydrogens (tertiary/aromatic N) is 5. The van der Waals surface area contributed by atoms with Crippen LogP contribution in [0.2, 0.25) is 0 Å². The van der Waals surface area contributed by atoms with Gasteiger partial charge in [-0.1, -0.05) is 0 Å². The zero-order chi connectivity index (χ0) is 16.5. The molecule has 1 N–H and O–H groups in total. The van der Waals surface area contributed by atoms with Crippen molar-refractivity contribution in [2.45, 2.75) is 25.7 Å². The summed E-state index contributed by atoms with van der Waals surface area (Å²) in [6.07, 6.45) is 5.43. The summed E-state index contributed by atoms with van der Waals surface area (Å²) in [6, 6.07) is 5.42. The number of benzene rings is 1. The molecule has 0 spiro atoms. The monoisotopic (exact) mass is 322 g/mol. The van der Waals surface area contributed by atoms with Crippen LogP contribution in [-0.2, 0) is 0 Å². The predicted octanol–water partition coefficient (Wildman–Crippen LogP) is 2.08. The van der Waals surface area contributed by atoms with E-state index in [4.69, 9.17) is 0 Å². The number of piperidine rings is 1. The molecule has 1 aliphatic heterocycles. The number of aryl methyl sites for hydroxylation is 1. The summed E-state index contributed by atoms with van der Waals surface area (Å²) in [5.74, 6) is 0.424. The van der Waals surface area contributed by atoms with Gasteiger partial charge in [0.1, 0.15) is 11.0 Å². The van der Waals surface area contributed by atoms with Gasteiger partial charge in [-0.05, 0) is 38.0 Å². The fourth-order valence-corrected chi connectivity index (χ4v) is 3.21. The van der Waals surface area contributed by atoms with Crippen LogP contribution in [0.3, 0.4) is 0 Å². The Morgan fingerprint density at radius 3 is 2.75 bits per heavy atom. The Bertz CT molecular complexity index is 881. The third-order valence-electron chi connectivity index (χ3n) is 4.54. The molecule has 4 rings (SSSR count). The van der Waals surface area contributed by atoms with Crippen LogP contribution in [0, 0.1) is 6.92 Å². The third kappa shape index (κ3) is 2.73. The van der Waals surface area contributed by atoms with Crippen molar-refractivity contribution in [2.75, 3.05) is 13.1 Å². The summed E-state index contributed by atoms with van der Waals surface area (Å²) in [5, 5.41) is 10.6. The topological polar surface area (TPSA) is 87.7 Å². The Hall–Kier alpha value is -2.83. The summed E-state index contributed by atoms with van der Waals surface area (Å²) >= 11 is 0. The SMILES string of the molecule is Cc1cncc(C2CCN(C(=O)c3ccc4n[nH]nc4c3)CC2)n1. The maximum atomic E-state index is 12.7. The minimum absolute atomic E-state index is 0.0497. The third-order valence-corrected chi connectivity index (χ3v) is 4.54. The summed E-state index contributed by atoms with van der Waals surface area (Å²) in [4.78, 5) is 23.4. The lowest BCUT2D eigenvalue weighted by atomic mass is 9.93. The molecule has 1 aromatic carbocycles. The smallest absolute Gasteiger partial charge is 0.253 e. The molecule has 24 heavy (non-hydrogen) atoms. The zero-order valence-electron chi connectivity index (χ0n) is 13.4. The van der Waals surface area contributed by atoms with Gasteiger partial charge in [0.15, 0.2) is 0 Å². The summed E-state index contributed by atoms with van der Waals surface area (Å²) in [6.45, 7) is 3.42. The van der Waals surface area contributed by atoms with E-state index in [2.05, 4.69) is 25.4 Å². The molecule has 1 aliphatic rings. The number of fused-ring (bicyclic) bond motifs is 1. The highest BCUT2D eigenvalue weighted by atomic mass is 16.2. The molecule has 3 aromatic rings. The number of aromatic nitrogens is 5. The van der Waals surface area contributed by atoms with E-state index in [1.165, 1.54) is 0 Å². The quantitative estimate of drug-likeness (QED) is 0.780. The second-order valence-corrected chi connectivity index (χ2v) is 6.18. The molecule has 1 fully saturated rings. The minimum atomic E-state index is 0.0497. The minimum Gasteiger partial charge on any atom is -0.339 e.